The fourth-order valence-corrected chi connectivity index (χ4v) is 8.02. The van der Waals surface area contributed by atoms with Gasteiger partial charge in [-0.25, -0.2) is 13.5 Å². The first-order chi connectivity index (χ1) is 15.7. The highest BCUT2D eigenvalue weighted by Crippen LogP contribution is 2.61. The zero-order valence-electron chi connectivity index (χ0n) is 18.4. The van der Waals surface area contributed by atoms with Crippen molar-refractivity contribution >= 4 is 33.2 Å². The van der Waals surface area contributed by atoms with Crippen LogP contribution >= 0.6 is 27.3 Å². The summed E-state index contributed by atoms with van der Waals surface area (Å²) in [5.41, 5.74) is 3.43. The van der Waals surface area contributed by atoms with Crippen LogP contribution in [-0.4, -0.2) is 22.2 Å². The molecule has 4 aliphatic carbocycles. The lowest BCUT2D eigenvalue weighted by Gasteiger charge is -2.60. The van der Waals surface area contributed by atoms with Gasteiger partial charge in [0.05, 0.1) is 14.4 Å². The largest absolute Gasteiger partial charge is 0.350 e. The van der Waals surface area contributed by atoms with Crippen molar-refractivity contribution in [3.05, 3.63) is 56.5 Å². The summed E-state index contributed by atoms with van der Waals surface area (Å²) in [6.07, 6.45) is 4.21. The van der Waals surface area contributed by atoms with Crippen molar-refractivity contribution < 1.29 is 13.6 Å². The van der Waals surface area contributed by atoms with E-state index in [0.717, 1.165) is 43.9 Å². The molecule has 1 amide bonds. The quantitative estimate of drug-likeness (QED) is 0.333. The summed E-state index contributed by atoms with van der Waals surface area (Å²) in [6.45, 7) is 5.34. The maximum atomic E-state index is 14.7. The number of amides is 1. The summed E-state index contributed by atoms with van der Waals surface area (Å²) in [5, 5.41) is 7.69. The highest BCUT2D eigenvalue weighted by Gasteiger charge is 2.54. The van der Waals surface area contributed by atoms with Gasteiger partial charge in [-0.05, 0) is 82.1 Å². The van der Waals surface area contributed by atoms with Crippen LogP contribution in [-0.2, 0) is 6.42 Å². The van der Waals surface area contributed by atoms with Crippen molar-refractivity contribution in [3.63, 3.8) is 0 Å². The molecule has 0 radical (unpaired) electrons. The summed E-state index contributed by atoms with van der Waals surface area (Å²) in [6, 6.07) is 5.46. The van der Waals surface area contributed by atoms with E-state index in [1.54, 1.807) is 0 Å². The Morgan fingerprint density at radius 2 is 2.12 bits per heavy atom. The van der Waals surface area contributed by atoms with Crippen LogP contribution in [0.25, 0.3) is 16.3 Å². The van der Waals surface area contributed by atoms with E-state index in [2.05, 4.69) is 40.2 Å². The summed E-state index contributed by atoms with van der Waals surface area (Å²) >= 11 is 5.05. The van der Waals surface area contributed by atoms with Gasteiger partial charge in [-0.2, -0.15) is 5.10 Å². The Balaban J connectivity index is 1.33. The lowest BCUT2D eigenvalue weighted by Crippen LogP contribution is -2.54. The molecule has 0 spiro atoms. The third-order valence-electron chi connectivity index (χ3n) is 8.22. The maximum absolute atomic E-state index is 14.7. The Labute approximate surface area is 203 Å². The molecule has 4 aliphatic rings. The molecule has 1 N–H and O–H groups in total. The summed E-state index contributed by atoms with van der Waals surface area (Å²) in [4.78, 5) is 14.3. The van der Waals surface area contributed by atoms with Crippen LogP contribution in [0.2, 0.25) is 0 Å². The number of hydrogen-bond acceptors (Lipinski definition) is 3. The molecule has 2 heterocycles. The van der Waals surface area contributed by atoms with Gasteiger partial charge >= 0.3 is 0 Å². The molecule has 8 heteroatoms. The van der Waals surface area contributed by atoms with Gasteiger partial charge in [0.15, 0.2) is 11.5 Å². The SMILES string of the molecule is CC1(C)C2CCC(CNC(=O)c3nn(-c4ccc(F)cc4F)c4c3Cc3cc(Br)sc3-4)C1C2. The van der Waals surface area contributed by atoms with Gasteiger partial charge < -0.3 is 5.32 Å². The van der Waals surface area contributed by atoms with E-state index < -0.39 is 11.6 Å². The normalized spacial score (nSPS) is 24.2. The second kappa shape index (κ2) is 7.47. The molecule has 0 saturated heterocycles. The van der Waals surface area contributed by atoms with Crippen LogP contribution in [0.4, 0.5) is 8.78 Å². The van der Waals surface area contributed by atoms with Crippen LogP contribution < -0.4 is 5.32 Å². The second-order valence-electron chi connectivity index (χ2n) is 10.2. The Morgan fingerprint density at radius 3 is 2.85 bits per heavy atom. The fraction of sp³-hybridized carbons (Fsp3) is 0.440. The van der Waals surface area contributed by atoms with Crippen molar-refractivity contribution in [2.75, 3.05) is 6.54 Å². The molecule has 3 fully saturated rings. The molecule has 3 atom stereocenters. The Kier molecular flexibility index (Phi) is 4.86. The molecule has 33 heavy (non-hydrogen) atoms. The number of aromatic nitrogens is 2. The Bertz CT molecular complexity index is 1300. The lowest BCUT2D eigenvalue weighted by molar-refractivity contribution is -0.103. The molecular formula is C25H24BrF2N3OS. The summed E-state index contributed by atoms with van der Waals surface area (Å²) < 4.78 is 30.7. The van der Waals surface area contributed by atoms with Crippen molar-refractivity contribution in [1.29, 1.82) is 0 Å². The predicted octanol–water partition coefficient (Wildman–Crippen LogP) is 6.35. The van der Waals surface area contributed by atoms with Crippen LogP contribution in [0.5, 0.6) is 0 Å². The molecular weight excluding hydrogens is 508 g/mol. The van der Waals surface area contributed by atoms with Gasteiger partial charge in [0.1, 0.15) is 11.5 Å². The van der Waals surface area contributed by atoms with Crippen molar-refractivity contribution in [3.8, 4) is 16.3 Å². The van der Waals surface area contributed by atoms with Gasteiger partial charge in [-0.3, -0.25) is 4.79 Å². The fourth-order valence-electron chi connectivity index (χ4n) is 6.29. The monoisotopic (exact) mass is 531 g/mol. The van der Waals surface area contributed by atoms with Crippen LogP contribution in [0, 0.1) is 34.8 Å². The number of fused-ring (bicyclic) bond motifs is 5. The zero-order valence-corrected chi connectivity index (χ0v) is 20.8. The van der Waals surface area contributed by atoms with Crippen molar-refractivity contribution in [1.82, 2.24) is 15.1 Å². The first-order valence-corrected chi connectivity index (χ1v) is 13.0. The molecule has 3 saturated carbocycles. The average molecular weight is 532 g/mol. The van der Waals surface area contributed by atoms with Crippen LogP contribution in [0.15, 0.2) is 28.1 Å². The van der Waals surface area contributed by atoms with E-state index in [1.165, 1.54) is 41.0 Å². The zero-order chi connectivity index (χ0) is 23.1. The average Bonchev–Trinajstić information content (AvgIpc) is 3.41. The molecule has 0 aliphatic heterocycles. The number of nitrogens with zero attached hydrogens (tertiary/aromatic N) is 2. The van der Waals surface area contributed by atoms with Gasteiger partial charge in [0.25, 0.3) is 5.91 Å². The van der Waals surface area contributed by atoms with Crippen molar-refractivity contribution in [2.24, 2.45) is 23.2 Å². The predicted molar refractivity (Wildman–Crippen MR) is 128 cm³/mol. The number of halogens is 3. The van der Waals surface area contributed by atoms with Gasteiger partial charge in [-0.1, -0.05) is 13.8 Å². The molecule has 3 aromatic rings. The highest BCUT2D eigenvalue weighted by molar-refractivity contribution is 9.11. The number of carbonyl (C=O) groups is 1. The highest BCUT2D eigenvalue weighted by atomic mass is 79.9. The standard InChI is InChI=1S/C25H24BrF2N3OS/c1-25(2)14-4-3-12(17(25)9-14)11-29-24(32)21-16-7-13-8-20(26)33-23(13)22(16)31(30-21)19-6-5-15(27)10-18(19)28/h5-6,8,10,12,14,17H,3-4,7,9,11H2,1-2H3,(H,29,32). The van der Waals surface area contributed by atoms with Gasteiger partial charge in [0.2, 0.25) is 0 Å². The third-order valence-corrected chi connectivity index (χ3v) is 9.91. The number of nitrogens with one attached hydrogen (secondary N) is 1. The molecule has 1 aromatic carbocycles. The summed E-state index contributed by atoms with van der Waals surface area (Å²) in [7, 11) is 0. The molecule has 3 unspecified atom stereocenters. The molecule has 2 aromatic heterocycles. The minimum absolute atomic E-state index is 0.138. The summed E-state index contributed by atoms with van der Waals surface area (Å²) in [5.74, 6) is 0.374. The van der Waals surface area contributed by atoms with Crippen LogP contribution in [0.1, 0.15) is 54.7 Å². The van der Waals surface area contributed by atoms with Gasteiger partial charge in [-0.15, -0.1) is 11.3 Å². The van der Waals surface area contributed by atoms with E-state index in [1.807, 2.05) is 6.07 Å². The van der Waals surface area contributed by atoms with E-state index in [0.29, 0.717) is 35.9 Å². The van der Waals surface area contributed by atoms with E-state index in [9.17, 15) is 13.6 Å². The van der Waals surface area contributed by atoms with E-state index in [4.69, 9.17) is 0 Å². The lowest BCUT2D eigenvalue weighted by atomic mass is 9.45. The van der Waals surface area contributed by atoms with Crippen LogP contribution in [0.3, 0.4) is 0 Å². The molecule has 172 valence electrons. The number of rotatable bonds is 4. The first kappa shape index (κ1) is 21.5. The maximum Gasteiger partial charge on any atom is 0.272 e. The number of carbonyl (C=O) groups excluding carboxylic acids is 1. The Morgan fingerprint density at radius 1 is 1.30 bits per heavy atom. The number of hydrogen-bond donors (Lipinski definition) is 1. The van der Waals surface area contributed by atoms with Gasteiger partial charge in [0, 0.05) is 24.6 Å². The number of benzene rings is 1. The first-order valence-electron chi connectivity index (χ1n) is 11.4. The minimum atomic E-state index is -0.708. The third kappa shape index (κ3) is 3.24. The smallest absolute Gasteiger partial charge is 0.272 e. The molecule has 4 nitrogen and oxygen atoms in total. The van der Waals surface area contributed by atoms with Crippen molar-refractivity contribution in [2.45, 2.75) is 39.5 Å². The Hall–Kier alpha value is -2.06. The van der Waals surface area contributed by atoms with E-state index in [-0.39, 0.29) is 11.6 Å². The number of thiophene rings is 1. The molecule has 7 rings (SSSR count). The second-order valence-corrected chi connectivity index (χ2v) is 12.6. The topological polar surface area (TPSA) is 46.9 Å². The minimum Gasteiger partial charge on any atom is -0.350 e. The molecule has 2 bridgehead atoms. The van der Waals surface area contributed by atoms with E-state index >= 15 is 0 Å².